The fourth-order valence-electron chi connectivity index (χ4n) is 6.59. The minimum atomic E-state index is -1.81. The van der Waals surface area contributed by atoms with E-state index in [2.05, 4.69) is 22.5 Å². The number of nitrogens with zero attached hydrogens (tertiary/aromatic N) is 1. The Labute approximate surface area is 317 Å². The number of carbonyl (C=O) groups is 5. The number of rotatable bonds is 20. The van der Waals surface area contributed by atoms with Crippen molar-refractivity contribution in [3.8, 4) is 0 Å². The summed E-state index contributed by atoms with van der Waals surface area (Å²) in [6.45, 7) is 12.1. The predicted octanol–water partition coefficient (Wildman–Crippen LogP) is 0.793. The number of methoxy groups -OCH3 is 2. The fraction of sp³-hybridized carbons (Fsp3) is 0.757. The lowest BCUT2D eigenvalue weighted by atomic mass is 9.74. The third-order valence-corrected chi connectivity index (χ3v) is 10.7. The molecule has 0 bridgehead atoms. The Morgan fingerprint density at radius 1 is 1.04 bits per heavy atom. The number of amides is 5. The molecular weight excluding hydrogens is 708 g/mol. The number of alkyl carbamates (subject to hydrolysis) is 1. The number of imide groups is 1. The molecule has 0 saturated carbocycles. The van der Waals surface area contributed by atoms with E-state index in [0.717, 1.165) is 5.57 Å². The van der Waals surface area contributed by atoms with Crippen molar-refractivity contribution in [1.29, 1.82) is 0 Å². The smallest absolute Gasteiger partial charge is 0.407 e. The van der Waals surface area contributed by atoms with E-state index < -0.39 is 60.0 Å². The molecule has 3 heterocycles. The topological polar surface area (TPSA) is 232 Å². The molecule has 9 atom stereocenters. The van der Waals surface area contributed by atoms with E-state index in [1.165, 1.54) is 31.3 Å². The van der Waals surface area contributed by atoms with Crippen molar-refractivity contribution in [2.45, 2.75) is 128 Å². The van der Waals surface area contributed by atoms with Gasteiger partial charge in [0, 0.05) is 83.0 Å². The highest BCUT2D eigenvalue weighted by molar-refractivity contribution is 6.12. The number of aliphatic hydroxyl groups is 3. The average Bonchev–Trinajstić information content (AvgIpc) is 3.45. The average molecular weight is 769 g/mol. The first-order chi connectivity index (χ1) is 25.4. The zero-order chi connectivity index (χ0) is 40.2. The van der Waals surface area contributed by atoms with Gasteiger partial charge in [0.25, 0.3) is 17.7 Å². The van der Waals surface area contributed by atoms with Crippen LogP contribution in [0.15, 0.2) is 24.3 Å². The summed E-state index contributed by atoms with van der Waals surface area (Å²) in [5.41, 5.74) is -0.0613. The summed E-state index contributed by atoms with van der Waals surface area (Å²) in [6.07, 6.45) is -2.39. The van der Waals surface area contributed by atoms with Crippen LogP contribution in [0.25, 0.3) is 0 Å². The monoisotopic (exact) mass is 768 g/mol. The maximum Gasteiger partial charge on any atom is 0.407 e. The van der Waals surface area contributed by atoms with Gasteiger partial charge in [-0.05, 0) is 26.2 Å². The first-order valence-electron chi connectivity index (χ1n) is 18.6. The number of hydrogen-bond donors (Lipinski definition) is 6. The van der Waals surface area contributed by atoms with E-state index >= 15 is 0 Å². The standard InChI is InChI=1S/C37H60N4O13/c1-22-20-37(51-7,54-24(3)23(22)2)32(46)34(48)40-33(47)26-19-27(42)36(4,5)28(53-26)18-25(50-6)21-52-35(49)39-16-11-15-38-29(43)12-9-8-10-17-41-30(44)13-14-31(41)45/h13-14,23-28,32-33,42,46-47H,1,8-12,15-21H2,2-7H3,(H,38,43)(H,39,49)(H,40,48)/t23-,24-,25+,26?,27-,28-,32-,33+,37-/m1/s1. The molecule has 54 heavy (non-hydrogen) atoms. The first-order valence-corrected chi connectivity index (χ1v) is 18.6. The maximum atomic E-state index is 13.1. The summed E-state index contributed by atoms with van der Waals surface area (Å²) in [5.74, 6) is -3.42. The number of unbranched alkanes of at least 4 members (excludes halogenated alkanes) is 2. The van der Waals surface area contributed by atoms with Gasteiger partial charge in [0.1, 0.15) is 12.7 Å². The minimum absolute atomic E-state index is 0.0153. The van der Waals surface area contributed by atoms with E-state index in [1.807, 2.05) is 6.92 Å². The minimum Gasteiger partial charge on any atom is -0.447 e. The maximum absolute atomic E-state index is 13.1. The van der Waals surface area contributed by atoms with Gasteiger partial charge >= 0.3 is 6.09 Å². The summed E-state index contributed by atoms with van der Waals surface area (Å²) in [5, 5.41) is 40.8. The van der Waals surface area contributed by atoms with Crippen LogP contribution in [0.5, 0.6) is 0 Å². The second-order valence-corrected chi connectivity index (χ2v) is 14.8. The van der Waals surface area contributed by atoms with Gasteiger partial charge in [-0.15, -0.1) is 0 Å². The predicted molar refractivity (Wildman–Crippen MR) is 193 cm³/mol. The van der Waals surface area contributed by atoms with Crippen molar-refractivity contribution in [2.24, 2.45) is 11.3 Å². The second-order valence-electron chi connectivity index (χ2n) is 14.8. The number of nitrogens with one attached hydrogen (secondary N) is 3. The molecule has 2 saturated heterocycles. The molecule has 3 aliphatic rings. The van der Waals surface area contributed by atoms with Gasteiger partial charge in [0.15, 0.2) is 12.3 Å². The van der Waals surface area contributed by atoms with Crippen molar-refractivity contribution >= 4 is 29.7 Å². The van der Waals surface area contributed by atoms with Gasteiger partial charge in [-0.25, -0.2) is 4.79 Å². The Kier molecular flexibility index (Phi) is 17.0. The Morgan fingerprint density at radius 2 is 1.70 bits per heavy atom. The second kappa shape index (κ2) is 20.5. The van der Waals surface area contributed by atoms with Crippen LogP contribution < -0.4 is 16.0 Å². The van der Waals surface area contributed by atoms with Crippen LogP contribution in [0.2, 0.25) is 0 Å². The van der Waals surface area contributed by atoms with Crippen LogP contribution in [0.1, 0.15) is 79.1 Å². The third kappa shape index (κ3) is 12.0. The van der Waals surface area contributed by atoms with E-state index in [0.29, 0.717) is 45.2 Å². The molecule has 3 rings (SSSR count). The van der Waals surface area contributed by atoms with Gasteiger partial charge in [-0.3, -0.25) is 24.1 Å². The highest BCUT2D eigenvalue weighted by atomic mass is 16.7. The molecule has 0 radical (unpaired) electrons. The molecule has 1 unspecified atom stereocenters. The molecule has 0 aromatic rings. The molecule has 0 aliphatic carbocycles. The Bertz CT molecular complexity index is 1340. The SMILES string of the molecule is C=C1C[C@](OC)([C@H](O)C(=O)N[C@@H](O)C2C[C@@H](O)C(C)(C)[C@@H](C[C@@H](COC(=O)NCCCNC(=O)CCCCCN3C(=O)C=CC3=O)OC)O2)O[C@H](C)[C@@H]1C. The Balaban J connectivity index is 1.37. The molecule has 17 nitrogen and oxygen atoms in total. The van der Waals surface area contributed by atoms with Crippen molar-refractivity contribution < 1.29 is 63.0 Å². The number of ether oxygens (including phenoxy) is 5. The highest BCUT2D eigenvalue weighted by Gasteiger charge is 2.51. The number of carbonyl (C=O) groups excluding carboxylic acids is 5. The lowest BCUT2D eigenvalue weighted by Crippen LogP contribution is -2.62. The number of hydrogen-bond acceptors (Lipinski definition) is 13. The van der Waals surface area contributed by atoms with E-state index in [1.54, 1.807) is 20.8 Å². The van der Waals surface area contributed by atoms with E-state index in [4.69, 9.17) is 23.7 Å². The molecule has 306 valence electrons. The molecule has 0 aromatic heterocycles. The summed E-state index contributed by atoms with van der Waals surface area (Å²) in [6, 6.07) is 0. The largest absolute Gasteiger partial charge is 0.447 e. The lowest BCUT2D eigenvalue weighted by Gasteiger charge is -2.48. The summed E-state index contributed by atoms with van der Waals surface area (Å²) in [7, 11) is 2.76. The van der Waals surface area contributed by atoms with Crippen LogP contribution in [-0.2, 0) is 42.9 Å². The molecular formula is C37H60N4O13. The van der Waals surface area contributed by atoms with Gasteiger partial charge in [0.2, 0.25) is 11.7 Å². The molecule has 17 heteroatoms. The van der Waals surface area contributed by atoms with Crippen LogP contribution in [-0.4, -0.2) is 139 Å². The van der Waals surface area contributed by atoms with Crippen molar-refractivity contribution in [2.75, 3.05) is 40.5 Å². The van der Waals surface area contributed by atoms with Crippen molar-refractivity contribution in [3.05, 3.63) is 24.3 Å². The number of aliphatic hydroxyl groups excluding tert-OH is 3. The summed E-state index contributed by atoms with van der Waals surface area (Å²) >= 11 is 0. The first kappa shape index (κ1) is 44.9. The lowest BCUT2D eigenvalue weighted by molar-refractivity contribution is -0.298. The van der Waals surface area contributed by atoms with Crippen LogP contribution in [0.3, 0.4) is 0 Å². The molecule has 2 fully saturated rings. The molecule has 0 aromatic carbocycles. The summed E-state index contributed by atoms with van der Waals surface area (Å²) < 4.78 is 28.5. The molecule has 0 spiro atoms. The summed E-state index contributed by atoms with van der Waals surface area (Å²) in [4.78, 5) is 61.9. The van der Waals surface area contributed by atoms with Gasteiger partial charge in [-0.2, -0.15) is 0 Å². The molecule has 5 amide bonds. The van der Waals surface area contributed by atoms with Crippen LogP contribution in [0, 0.1) is 11.3 Å². The molecule has 6 N–H and O–H groups in total. The zero-order valence-corrected chi connectivity index (χ0v) is 32.3. The highest BCUT2D eigenvalue weighted by Crippen LogP contribution is 2.40. The quantitative estimate of drug-likeness (QED) is 0.0436. The third-order valence-electron chi connectivity index (χ3n) is 10.7. The zero-order valence-electron chi connectivity index (χ0n) is 32.3. The van der Waals surface area contributed by atoms with Gasteiger partial charge in [0.05, 0.1) is 24.4 Å². The van der Waals surface area contributed by atoms with Crippen LogP contribution in [0.4, 0.5) is 4.79 Å². The van der Waals surface area contributed by atoms with Crippen molar-refractivity contribution in [3.63, 3.8) is 0 Å². The fourth-order valence-corrected chi connectivity index (χ4v) is 6.59. The van der Waals surface area contributed by atoms with E-state index in [-0.39, 0.29) is 62.2 Å². The van der Waals surface area contributed by atoms with Gasteiger partial charge in [-0.1, -0.05) is 39.3 Å². The van der Waals surface area contributed by atoms with Crippen molar-refractivity contribution in [1.82, 2.24) is 20.9 Å². The van der Waals surface area contributed by atoms with Gasteiger partial charge < -0.3 is 55.0 Å². The van der Waals surface area contributed by atoms with Crippen LogP contribution >= 0.6 is 0 Å². The van der Waals surface area contributed by atoms with E-state index in [9.17, 15) is 39.3 Å². The Hall–Kier alpha value is -3.45. The normalized spacial score (nSPS) is 28.4. The molecule has 3 aliphatic heterocycles. The Morgan fingerprint density at radius 3 is 2.33 bits per heavy atom.